The molecule has 0 radical (unpaired) electrons. The second-order valence-electron chi connectivity index (χ2n) is 21.6. The summed E-state index contributed by atoms with van der Waals surface area (Å²) in [5.41, 5.74) is -0.0233. The maximum Gasteiger partial charge on any atom is 0.338 e. The van der Waals surface area contributed by atoms with E-state index in [1.54, 1.807) is 6.07 Å². The fourth-order valence-corrected chi connectivity index (χ4v) is 10.8. The maximum absolute atomic E-state index is 13.2. The Morgan fingerprint density at radius 2 is 0.632 bits per heavy atom. The number of carbonyl (C=O) groups is 1. The van der Waals surface area contributed by atoms with Crippen LogP contribution in [-0.2, 0) is 71.1 Å². The molecule has 1 aromatic rings. The lowest BCUT2D eigenvalue weighted by Crippen LogP contribution is -2.68. The number of methoxy groups -OCH3 is 1. The quantitative estimate of drug-likeness (QED) is 0.0479. The van der Waals surface area contributed by atoms with Crippen molar-refractivity contribution in [1.29, 1.82) is 0 Å². The van der Waals surface area contributed by atoms with Crippen molar-refractivity contribution in [1.82, 2.24) is 0 Å². The van der Waals surface area contributed by atoms with Gasteiger partial charge in [0.1, 0.15) is 165 Å². The average molecular weight is 1270 g/mol. The van der Waals surface area contributed by atoms with Crippen LogP contribution in [0.2, 0.25) is 0 Å². The van der Waals surface area contributed by atoms with E-state index in [4.69, 9.17) is 71.1 Å². The fraction of sp³-hybridized carbons (Fsp3) is 0.860. The van der Waals surface area contributed by atoms with Gasteiger partial charge in [-0.3, -0.25) is 0 Å². The van der Waals surface area contributed by atoms with Crippen molar-refractivity contribution in [2.75, 3.05) is 53.4 Å². The fourth-order valence-electron chi connectivity index (χ4n) is 10.8. The van der Waals surface area contributed by atoms with Crippen molar-refractivity contribution < 1.29 is 183 Å². The summed E-state index contributed by atoms with van der Waals surface area (Å²) in [5, 5.41) is 229. The predicted octanol–water partition coefficient (Wildman–Crippen LogP) is -13.8. The summed E-state index contributed by atoms with van der Waals surface area (Å²) in [6, 6.07) is 7.30. The number of benzene rings is 1. The topological polar surface area (TPSA) is 580 Å². The van der Waals surface area contributed by atoms with Crippen LogP contribution in [0.1, 0.15) is 10.4 Å². The molecular weight excluding hydrogens is 1190 g/mol. The Kier molecular flexibility index (Phi) is 24.9. The first-order valence-corrected chi connectivity index (χ1v) is 27.6. The van der Waals surface area contributed by atoms with Gasteiger partial charge in [0.2, 0.25) is 0 Å². The van der Waals surface area contributed by atoms with Gasteiger partial charge in [-0.15, -0.1) is 0 Å². The number of aliphatic hydroxyl groups is 21. The predicted molar refractivity (Wildman–Crippen MR) is 266 cm³/mol. The third-order valence-corrected chi connectivity index (χ3v) is 15.9. The number of aliphatic hydroxyl groups excluding tert-OH is 21. The van der Waals surface area contributed by atoms with Crippen molar-refractivity contribution >= 4 is 5.97 Å². The zero-order chi connectivity index (χ0) is 63.5. The molecule has 7 aliphatic rings. The third-order valence-electron chi connectivity index (χ3n) is 15.9. The van der Waals surface area contributed by atoms with Crippen LogP contribution in [0, 0.1) is 0 Å². The van der Waals surface area contributed by atoms with Crippen molar-refractivity contribution in [3.05, 3.63) is 35.9 Å². The normalized spacial score (nSPS) is 49.1. The van der Waals surface area contributed by atoms with Crippen LogP contribution in [0.15, 0.2) is 30.3 Å². The molecule has 0 spiro atoms. The van der Waals surface area contributed by atoms with Gasteiger partial charge < -0.3 is 178 Å². The first-order chi connectivity index (χ1) is 41.4. The summed E-state index contributed by atoms with van der Waals surface area (Å²) in [5.74, 6) is -1.04. The standard InChI is InChI=1S/C50H78O37/c1-73-44-34(68)38(25(59)18(10-54)76-44)85-48-37(71)41(28(62)21(82-48)13-75-50-42(31(65)24(58)17(9-53)80-50)83-43(72)14-5-3-2-4-6-14)87-47-35(69)39(26(60)19(11-55)79-47)86-49-36(70)40(84-46-33(67)30(64)23(57)16(8-52)78-46)27(61)20(81-49)12-74-45-32(66)29(63)22(56)15(7-51)77-45/h2-6,15-42,44-71H,7-13H2,1H3/t15?,16?,17?,18?,19?,20?,21?,22?,23?,24?,25?,26?,27-,28-,29?,30?,31?,32?,33?,34?,35?,36?,37?,38?,39?,40?,41?,42?,44-,45?,46?,47?,48?,49?,50?/m0/s1. The van der Waals surface area contributed by atoms with E-state index in [2.05, 4.69) is 0 Å². The lowest BCUT2D eigenvalue weighted by molar-refractivity contribution is -0.398. The zero-order valence-electron chi connectivity index (χ0n) is 46.0. The van der Waals surface area contributed by atoms with Gasteiger partial charge in [0.15, 0.2) is 50.1 Å². The van der Waals surface area contributed by atoms with E-state index in [1.807, 2.05) is 0 Å². The van der Waals surface area contributed by atoms with Gasteiger partial charge in [0.05, 0.1) is 51.8 Å². The second kappa shape index (κ2) is 30.8. The molecule has 8 rings (SSSR count). The Morgan fingerprint density at radius 1 is 0.333 bits per heavy atom. The molecule has 0 saturated carbocycles. The molecule has 7 aliphatic heterocycles. The Balaban J connectivity index is 1.07. The van der Waals surface area contributed by atoms with Crippen LogP contribution >= 0.6 is 0 Å². The highest BCUT2D eigenvalue weighted by Gasteiger charge is 2.58. The van der Waals surface area contributed by atoms with Crippen LogP contribution in [0.4, 0.5) is 0 Å². The molecule has 37 heteroatoms. The highest BCUT2D eigenvalue weighted by Crippen LogP contribution is 2.38. The molecule has 0 aliphatic carbocycles. The van der Waals surface area contributed by atoms with E-state index in [0.717, 1.165) is 7.11 Å². The average Bonchev–Trinajstić information content (AvgIpc) is 1.34. The van der Waals surface area contributed by atoms with Crippen LogP contribution in [0.5, 0.6) is 0 Å². The molecule has 37 nitrogen and oxygen atoms in total. The molecule has 32 unspecified atom stereocenters. The smallest absolute Gasteiger partial charge is 0.338 e. The summed E-state index contributed by atoms with van der Waals surface area (Å²) in [6.45, 7) is -6.71. The number of ether oxygens (including phenoxy) is 15. The van der Waals surface area contributed by atoms with Gasteiger partial charge >= 0.3 is 5.97 Å². The summed E-state index contributed by atoms with van der Waals surface area (Å²) in [7, 11) is 1.09. The van der Waals surface area contributed by atoms with Gasteiger partial charge in [-0.05, 0) is 12.1 Å². The van der Waals surface area contributed by atoms with Crippen molar-refractivity contribution in [3.8, 4) is 0 Å². The molecule has 1 aromatic carbocycles. The Bertz CT molecular complexity index is 2230. The van der Waals surface area contributed by atoms with E-state index >= 15 is 0 Å². The summed E-state index contributed by atoms with van der Waals surface area (Å²) in [6.07, 6.45) is -69.7. The maximum atomic E-state index is 13.2. The number of rotatable bonds is 22. The Hall–Kier alpha value is -2.71. The van der Waals surface area contributed by atoms with E-state index < -0.39 is 267 Å². The van der Waals surface area contributed by atoms with Gasteiger partial charge in [-0.2, -0.15) is 0 Å². The van der Waals surface area contributed by atoms with Crippen LogP contribution in [-0.4, -0.2) is 382 Å². The number of hydrogen-bond acceptors (Lipinski definition) is 37. The van der Waals surface area contributed by atoms with Gasteiger partial charge in [-0.1, -0.05) is 18.2 Å². The number of carbonyl (C=O) groups excluding carboxylic acids is 1. The molecule has 35 atom stereocenters. The second-order valence-corrected chi connectivity index (χ2v) is 21.6. The largest absolute Gasteiger partial charge is 0.450 e. The van der Waals surface area contributed by atoms with Crippen molar-refractivity contribution in [2.45, 2.75) is 215 Å². The summed E-state index contributed by atoms with van der Waals surface area (Å²) in [4.78, 5) is 13.2. The minimum atomic E-state index is -2.42. The molecule has 7 heterocycles. The minimum Gasteiger partial charge on any atom is -0.450 e. The molecule has 500 valence electrons. The van der Waals surface area contributed by atoms with Gasteiger partial charge in [0.25, 0.3) is 0 Å². The van der Waals surface area contributed by atoms with Crippen molar-refractivity contribution in [3.63, 3.8) is 0 Å². The molecule has 0 bridgehead atoms. The number of esters is 1. The highest BCUT2D eigenvalue weighted by atomic mass is 16.8. The molecule has 0 aromatic heterocycles. The third kappa shape index (κ3) is 15.0. The van der Waals surface area contributed by atoms with Gasteiger partial charge in [-0.25, -0.2) is 4.79 Å². The Morgan fingerprint density at radius 3 is 1.03 bits per heavy atom. The van der Waals surface area contributed by atoms with E-state index in [1.165, 1.54) is 24.3 Å². The summed E-state index contributed by atoms with van der Waals surface area (Å²) >= 11 is 0. The van der Waals surface area contributed by atoms with Crippen molar-refractivity contribution in [2.24, 2.45) is 0 Å². The molecule has 87 heavy (non-hydrogen) atoms. The minimum absolute atomic E-state index is 0.0233. The number of hydrogen-bond donors (Lipinski definition) is 21. The van der Waals surface area contributed by atoms with Gasteiger partial charge in [0, 0.05) is 7.11 Å². The lowest BCUT2D eigenvalue weighted by atomic mass is 9.95. The SMILES string of the molecule is CO[C@H]1OC(CO)C(O)C(OC2OC(COC3OC(CO)C(O)C(O)C3OC(=O)c3ccccc3)[C@H](O)C(OC3OC(CO)C(O)C(OC4OC(COC5OC(CO)C(O)C(O)C5O)[C@H](O)C(OC5OC(CO)C(O)C(O)C5O)C4O)C3O)C2O)C1O. The van der Waals surface area contributed by atoms with E-state index in [0.29, 0.717) is 0 Å². The lowest BCUT2D eigenvalue weighted by Gasteiger charge is -2.50. The summed E-state index contributed by atoms with van der Waals surface area (Å²) < 4.78 is 85.1. The van der Waals surface area contributed by atoms with Crippen LogP contribution in [0.3, 0.4) is 0 Å². The first kappa shape index (κ1) is 70.2. The Labute approximate surface area is 492 Å². The van der Waals surface area contributed by atoms with Crippen LogP contribution < -0.4 is 0 Å². The van der Waals surface area contributed by atoms with Crippen LogP contribution in [0.25, 0.3) is 0 Å². The molecule has 0 amide bonds. The zero-order valence-corrected chi connectivity index (χ0v) is 46.0. The van der Waals surface area contributed by atoms with E-state index in [9.17, 15) is 112 Å². The monoisotopic (exact) mass is 1270 g/mol. The first-order valence-electron chi connectivity index (χ1n) is 27.6. The molecular formula is C50H78O37. The molecule has 7 saturated heterocycles. The van der Waals surface area contributed by atoms with E-state index in [-0.39, 0.29) is 5.56 Å². The highest BCUT2D eigenvalue weighted by molar-refractivity contribution is 5.89. The molecule has 7 fully saturated rings. The molecule has 21 N–H and O–H groups in total.